The molecule has 0 aromatic heterocycles. The summed E-state index contributed by atoms with van der Waals surface area (Å²) in [5, 5.41) is 0. The molecule has 0 atom stereocenters. The average molecular weight is 519 g/mol. The van der Waals surface area contributed by atoms with Gasteiger partial charge in [-0.25, -0.2) is 0 Å². The van der Waals surface area contributed by atoms with E-state index in [1.807, 2.05) is 0 Å². The van der Waals surface area contributed by atoms with Crippen LogP contribution in [0, 0.1) is 0 Å². The van der Waals surface area contributed by atoms with Crippen molar-refractivity contribution in [1.29, 1.82) is 0 Å². The quantitative estimate of drug-likeness (QED) is 0.0522. The van der Waals surface area contributed by atoms with Crippen molar-refractivity contribution >= 4 is 0 Å². The zero-order valence-electron chi connectivity index (χ0n) is 27.0. The molecule has 0 aromatic rings. The molecule has 1 nitrogen and oxygen atoms in total. The third kappa shape index (κ3) is 41.8. The molecule has 0 fully saturated rings. The summed E-state index contributed by atoms with van der Waals surface area (Å²) in [6.07, 6.45) is 40.1. The summed E-state index contributed by atoms with van der Waals surface area (Å²) in [4.78, 5) is 0. The predicted octanol–water partition coefficient (Wildman–Crippen LogP) is 9.88. The minimum absolute atomic E-state index is 0. The first-order valence-corrected chi connectivity index (χ1v) is 16.5. The number of ether oxygens (including phenoxy) is 1. The van der Waals surface area contributed by atoms with Crippen molar-refractivity contribution < 1.29 is 35.7 Å². The molecule has 36 heavy (non-hydrogen) atoms. The minimum atomic E-state index is 0. The van der Waals surface area contributed by atoms with Gasteiger partial charge in [0.1, 0.15) is 0 Å². The summed E-state index contributed by atoms with van der Waals surface area (Å²) in [5.41, 5.74) is 0. The Balaban J connectivity index is -0.00000132. The van der Waals surface area contributed by atoms with Crippen molar-refractivity contribution in [2.24, 2.45) is 0 Å². The van der Waals surface area contributed by atoms with E-state index >= 15 is 0 Å². The van der Waals surface area contributed by atoms with E-state index in [1.165, 1.54) is 180 Å². The van der Waals surface area contributed by atoms with E-state index in [4.69, 9.17) is 4.74 Å². The van der Waals surface area contributed by atoms with Gasteiger partial charge in [0.25, 0.3) is 0 Å². The Kier molecular flexibility index (Phi) is 48.9. The molecular weight excluding hydrogens is 447 g/mol. The monoisotopic (exact) mass is 519 g/mol. The fraction of sp³-hybridized carbons (Fsp3) is 0.941. The largest absolute Gasteiger partial charge is 1.00 e. The summed E-state index contributed by atoms with van der Waals surface area (Å²) in [6, 6.07) is 0. The first-order valence-electron chi connectivity index (χ1n) is 16.5. The Bertz CT molecular complexity index is 310. The summed E-state index contributed by atoms with van der Waals surface area (Å²) in [6.45, 7) is 12.6. The zero-order chi connectivity index (χ0) is 25.9. The minimum Gasteiger partial charge on any atom is -1.00 e. The fourth-order valence-electron chi connectivity index (χ4n) is 4.90. The van der Waals surface area contributed by atoms with E-state index < -0.39 is 0 Å². The van der Waals surface area contributed by atoms with Crippen LogP contribution >= 0.6 is 0 Å². The van der Waals surface area contributed by atoms with Crippen molar-refractivity contribution in [2.45, 2.75) is 194 Å². The van der Waals surface area contributed by atoms with Gasteiger partial charge in [-0.15, -0.1) is 13.2 Å². The summed E-state index contributed by atoms with van der Waals surface area (Å²) >= 11 is 0. The molecule has 0 aromatic carbocycles. The number of hydrogen-bond donors (Lipinski definition) is 0. The van der Waals surface area contributed by atoms with Gasteiger partial charge in [0.05, 0.1) is 0 Å². The molecule has 0 spiro atoms. The van der Waals surface area contributed by atoms with Crippen LogP contribution < -0.4 is 29.6 Å². The standard InChI is InChI=1S/C32H66O.C2H4.Na.H/c1-3-5-7-9-11-13-15-17-19-21-23-25-27-29-31-33-32-30-28-26-24-22-20-18-16-14-12-10-8-6-4-2;1-2;;/h3-32H2,1-2H3;1-2H2;;/q;;+1;-1. The summed E-state index contributed by atoms with van der Waals surface area (Å²) in [7, 11) is 0. The number of hydrogen-bond acceptors (Lipinski definition) is 1. The molecule has 2 heteroatoms. The normalized spacial score (nSPS) is 10.6. The van der Waals surface area contributed by atoms with Crippen LogP contribution in [0.2, 0.25) is 0 Å². The maximum Gasteiger partial charge on any atom is 1.00 e. The maximum absolute atomic E-state index is 5.85. The van der Waals surface area contributed by atoms with Crippen molar-refractivity contribution in [2.75, 3.05) is 13.2 Å². The molecule has 0 N–H and O–H groups in total. The molecule has 0 rings (SSSR count). The molecule has 0 bridgehead atoms. The SMILES string of the molecule is C=C.CCCCCCCCCCCCCCCCOCCCCCCCCCCCCCCCC.[H-].[Na+]. The molecule has 0 heterocycles. The average Bonchev–Trinajstić information content (AvgIpc) is 2.89. The van der Waals surface area contributed by atoms with Crippen LogP contribution in [0.1, 0.15) is 195 Å². The number of rotatable bonds is 30. The third-order valence-electron chi connectivity index (χ3n) is 7.28. The molecule has 0 aliphatic rings. The molecule has 214 valence electrons. The van der Waals surface area contributed by atoms with Crippen molar-refractivity contribution in [3.63, 3.8) is 0 Å². The van der Waals surface area contributed by atoms with Crippen LogP contribution in [0.15, 0.2) is 13.2 Å². The van der Waals surface area contributed by atoms with Crippen LogP contribution in [0.5, 0.6) is 0 Å². The molecular formula is C34H71NaO. The van der Waals surface area contributed by atoms with Crippen molar-refractivity contribution in [3.05, 3.63) is 13.2 Å². The van der Waals surface area contributed by atoms with Gasteiger partial charge in [0.2, 0.25) is 0 Å². The smallest absolute Gasteiger partial charge is 1.00 e. The maximum atomic E-state index is 5.85. The summed E-state index contributed by atoms with van der Waals surface area (Å²) < 4.78 is 5.85. The van der Waals surface area contributed by atoms with E-state index in [-0.39, 0.29) is 31.0 Å². The van der Waals surface area contributed by atoms with Gasteiger partial charge >= 0.3 is 29.6 Å². The van der Waals surface area contributed by atoms with Gasteiger partial charge in [-0.1, -0.05) is 181 Å². The van der Waals surface area contributed by atoms with Crippen LogP contribution in [0.25, 0.3) is 0 Å². The molecule has 0 saturated heterocycles. The van der Waals surface area contributed by atoms with Crippen LogP contribution in [0.4, 0.5) is 0 Å². The topological polar surface area (TPSA) is 9.23 Å². The first-order chi connectivity index (χ1) is 17.4. The van der Waals surface area contributed by atoms with E-state index in [0.717, 1.165) is 13.2 Å². The molecule has 0 unspecified atom stereocenters. The van der Waals surface area contributed by atoms with Gasteiger partial charge in [0, 0.05) is 13.2 Å². The van der Waals surface area contributed by atoms with Gasteiger partial charge < -0.3 is 6.16 Å². The third-order valence-corrected chi connectivity index (χ3v) is 7.28. The van der Waals surface area contributed by atoms with Crippen molar-refractivity contribution in [1.82, 2.24) is 0 Å². The van der Waals surface area contributed by atoms with Gasteiger partial charge in [0.15, 0.2) is 0 Å². The zero-order valence-corrected chi connectivity index (χ0v) is 28.0. The second kappa shape index (κ2) is 42.8. The molecule has 0 radical (unpaired) electrons. The van der Waals surface area contributed by atoms with Crippen LogP contribution in [0.3, 0.4) is 0 Å². The van der Waals surface area contributed by atoms with Crippen LogP contribution in [-0.2, 0) is 4.74 Å². The second-order valence-electron chi connectivity index (χ2n) is 10.8. The molecule has 0 aliphatic carbocycles. The Morgan fingerprint density at radius 2 is 0.500 bits per heavy atom. The molecule has 0 saturated carbocycles. The number of unbranched alkanes of at least 4 members (excludes halogenated alkanes) is 26. The Morgan fingerprint density at radius 3 is 0.694 bits per heavy atom. The van der Waals surface area contributed by atoms with E-state index in [9.17, 15) is 0 Å². The molecule has 0 aliphatic heterocycles. The Morgan fingerprint density at radius 1 is 0.333 bits per heavy atom. The van der Waals surface area contributed by atoms with Crippen LogP contribution in [-0.4, -0.2) is 13.2 Å². The summed E-state index contributed by atoms with van der Waals surface area (Å²) in [5.74, 6) is 0. The van der Waals surface area contributed by atoms with Gasteiger partial charge in [-0.2, -0.15) is 0 Å². The fourth-order valence-corrected chi connectivity index (χ4v) is 4.90. The van der Waals surface area contributed by atoms with E-state index in [1.54, 1.807) is 0 Å². The first kappa shape index (κ1) is 41.2. The predicted molar refractivity (Wildman–Crippen MR) is 164 cm³/mol. The second-order valence-corrected chi connectivity index (χ2v) is 10.8. The van der Waals surface area contributed by atoms with Gasteiger partial charge in [-0.3, -0.25) is 0 Å². The van der Waals surface area contributed by atoms with E-state index in [2.05, 4.69) is 27.0 Å². The Labute approximate surface area is 254 Å². The Hall–Kier alpha value is 0.700. The van der Waals surface area contributed by atoms with E-state index in [0.29, 0.717) is 0 Å². The molecule has 0 amide bonds. The van der Waals surface area contributed by atoms with Gasteiger partial charge in [-0.05, 0) is 12.8 Å². The van der Waals surface area contributed by atoms with Crippen molar-refractivity contribution in [3.8, 4) is 0 Å².